The number of carbonyl (C=O) groups is 1. The van der Waals surface area contributed by atoms with E-state index in [1.165, 1.54) is 0 Å². The minimum Gasteiger partial charge on any atom is -0.294 e. The normalized spacial score (nSPS) is 24.0. The van der Waals surface area contributed by atoms with Gasteiger partial charge in [-0.25, -0.2) is 13.2 Å². The Bertz CT molecular complexity index is 405. The van der Waals surface area contributed by atoms with Crippen LogP contribution in [0.5, 0.6) is 0 Å². The molecule has 0 radical (unpaired) electrons. The summed E-state index contributed by atoms with van der Waals surface area (Å²) in [5.41, 5.74) is -0.606. The van der Waals surface area contributed by atoms with E-state index in [2.05, 4.69) is 0 Å². The van der Waals surface area contributed by atoms with E-state index >= 15 is 0 Å². The molecule has 0 heterocycles. The fourth-order valence-electron chi connectivity index (χ4n) is 1.65. The monoisotopic (exact) mass is 214 g/mol. The molecule has 80 valence electrons. The Kier molecular flexibility index (Phi) is 2.29. The summed E-state index contributed by atoms with van der Waals surface area (Å²) in [6, 6.07) is 1.06. The van der Waals surface area contributed by atoms with Gasteiger partial charge in [0.1, 0.15) is 17.5 Å². The summed E-state index contributed by atoms with van der Waals surface area (Å²) in [7, 11) is 0. The van der Waals surface area contributed by atoms with Crippen molar-refractivity contribution in [1.82, 2.24) is 0 Å². The fourth-order valence-corrected chi connectivity index (χ4v) is 1.65. The lowest BCUT2D eigenvalue weighted by molar-refractivity contribution is 0.0954. The number of rotatable bonds is 2. The second-order valence-electron chi connectivity index (χ2n) is 3.93. The maximum absolute atomic E-state index is 13.2. The van der Waals surface area contributed by atoms with Gasteiger partial charge in [0.05, 0.1) is 5.56 Å². The largest absolute Gasteiger partial charge is 0.294 e. The molecule has 15 heavy (non-hydrogen) atoms. The summed E-state index contributed by atoms with van der Waals surface area (Å²) in [6.07, 6.45) is 0.648. The van der Waals surface area contributed by atoms with Gasteiger partial charge < -0.3 is 0 Å². The lowest BCUT2D eigenvalue weighted by Gasteiger charge is -2.03. The molecular weight excluding hydrogens is 205 g/mol. The fraction of sp³-hybridized carbons (Fsp3) is 0.364. The molecule has 2 rings (SSSR count). The topological polar surface area (TPSA) is 17.1 Å². The van der Waals surface area contributed by atoms with Crippen LogP contribution in [0.25, 0.3) is 0 Å². The third-order valence-electron chi connectivity index (χ3n) is 2.70. The van der Waals surface area contributed by atoms with Crippen LogP contribution in [-0.4, -0.2) is 5.78 Å². The molecule has 1 saturated carbocycles. The van der Waals surface area contributed by atoms with Gasteiger partial charge in [0.15, 0.2) is 5.78 Å². The number of hydrogen-bond acceptors (Lipinski definition) is 1. The van der Waals surface area contributed by atoms with Crippen molar-refractivity contribution in [3.8, 4) is 0 Å². The Morgan fingerprint density at radius 3 is 2.13 bits per heavy atom. The Balaban J connectivity index is 2.39. The van der Waals surface area contributed by atoms with Crippen LogP contribution in [0.15, 0.2) is 12.1 Å². The molecule has 0 amide bonds. The quantitative estimate of drug-likeness (QED) is 0.692. The molecule has 0 aliphatic heterocycles. The van der Waals surface area contributed by atoms with Crippen molar-refractivity contribution < 1.29 is 18.0 Å². The van der Waals surface area contributed by atoms with Crippen molar-refractivity contribution in [3.05, 3.63) is 35.1 Å². The smallest absolute Gasteiger partial charge is 0.172 e. The van der Waals surface area contributed by atoms with Crippen molar-refractivity contribution in [1.29, 1.82) is 0 Å². The van der Waals surface area contributed by atoms with E-state index in [4.69, 9.17) is 0 Å². The van der Waals surface area contributed by atoms with Crippen LogP contribution < -0.4 is 0 Å². The predicted octanol–water partition coefficient (Wildman–Crippen LogP) is 2.94. The summed E-state index contributed by atoms with van der Waals surface area (Å²) < 4.78 is 38.9. The first-order valence-corrected chi connectivity index (χ1v) is 4.69. The van der Waals surface area contributed by atoms with Gasteiger partial charge in [-0.05, 0) is 12.3 Å². The molecule has 0 aromatic heterocycles. The zero-order valence-electron chi connectivity index (χ0n) is 8.06. The second kappa shape index (κ2) is 3.36. The van der Waals surface area contributed by atoms with Gasteiger partial charge in [-0.15, -0.1) is 0 Å². The Morgan fingerprint density at radius 2 is 1.73 bits per heavy atom. The van der Waals surface area contributed by atoms with Crippen molar-refractivity contribution in [2.75, 3.05) is 0 Å². The van der Waals surface area contributed by atoms with Gasteiger partial charge in [-0.1, -0.05) is 6.92 Å². The highest BCUT2D eigenvalue weighted by molar-refractivity contribution is 6.00. The molecule has 2 unspecified atom stereocenters. The molecule has 0 N–H and O–H groups in total. The molecule has 0 spiro atoms. The van der Waals surface area contributed by atoms with Gasteiger partial charge in [0, 0.05) is 18.1 Å². The SMILES string of the molecule is CC1CC1C(=O)c1c(F)cc(F)cc1F. The third kappa shape index (κ3) is 1.76. The highest BCUT2D eigenvalue weighted by Gasteiger charge is 2.41. The third-order valence-corrected chi connectivity index (χ3v) is 2.70. The number of benzene rings is 1. The second-order valence-corrected chi connectivity index (χ2v) is 3.93. The van der Waals surface area contributed by atoms with Crippen molar-refractivity contribution in [2.45, 2.75) is 13.3 Å². The lowest BCUT2D eigenvalue weighted by Crippen LogP contribution is -2.09. The van der Waals surface area contributed by atoms with Gasteiger partial charge in [-0.2, -0.15) is 0 Å². The van der Waals surface area contributed by atoms with Crippen molar-refractivity contribution in [2.24, 2.45) is 11.8 Å². The standard InChI is InChI=1S/C11H9F3O/c1-5-2-7(5)11(15)10-8(13)3-6(12)4-9(10)14/h3-5,7H,2H2,1H3. The number of halogens is 3. The molecular formula is C11H9F3O. The zero-order valence-corrected chi connectivity index (χ0v) is 8.06. The minimum absolute atomic E-state index is 0.168. The van der Waals surface area contributed by atoms with E-state index in [1.54, 1.807) is 0 Å². The van der Waals surface area contributed by atoms with Crippen molar-refractivity contribution >= 4 is 5.78 Å². The maximum Gasteiger partial charge on any atom is 0.172 e. The van der Waals surface area contributed by atoms with E-state index in [9.17, 15) is 18.0 Å². The molecule has 1 aromatic carbocycles. The molecule has 1 fully saturated rings. The van der Waals surface area contributed by atoms with E-state index in [-0.39, 0.29) is 11.8 Å². The van der Waals surface area contributed by atoms with E-state index < -0.39 is 28.8 Å². The average molecular weight is 214 g/mol. The first-order valence-electron chi connectivity index (χ1n) is 4.69. The summed E-state index contributed by atoms with van der Waals surface area (Å²) in [4.78, 5) is 11.6. The molecule has 1 aliphatic carbocycles. The zero-order chi connectivity index (χ0) is 11.2. The van der Waals surface area contributed by atoms with Gasteiger partial charge in [0.25, 0.3) is 0 Å². The number of ketones is 1. The lowest BCUT2D eigenvalue weighted by atomic mass is 10.0. The van der Waals surface area contributed by atoms with Crippen LogP contribution >= 0.6 is 0 Å². The Morgan fingerprint density at radius 1 is 1.27 bits per heavy atom. The van der Waals surface area contributed by atoms with Crippen LogP contribution in [0.2, 0.25) is 0 Å². The van der Waals surface area contributed by atoms with Crippen molar-refractivity contribution in [3.63, 3.8) is 0 Å². The highest BCUT2D eigenvalue weighted by Crippen LogP contribution is 2.41. The Hall–Kier alpha value is -1.32. The average Bonchev–Trinajstić information content (AvgIpc) is 2.80. The van der Waals surface area contributed by atoms with Gasteiger partial charge in [0.2, 0.25) is 0 Å². The summed E-state index contributed by atoms with van der Waals surface area (Å²) in [6.45, 7) is 1.84. The molecule has 2 atom stereocenters. The van der Waals surface area contributed by atoms with Crippen LogP contribution in [0, 0.1) is 29.3 Å². The summed E-state index contributed by atoms with van der Waals surface area (Å²) in [5, 5.41) is 0. The molecule has 0 bridgehead atoms. The molecule has 1 aliphatic rings. The van der Waals surface area contributed by atoms with E-state index in [1.807, 2.05) is 6.92 Å². The first-order chi connectivity index (χ1) is 7.00. The summed E-state index contributed by atoms with van der Waals surface area (Å²) in [5.74, 6) is -3.93. The first kappa shape index (κ1) is 10.2. The molecule has 4 heteroatoms. The molecule has 0 saturated heterocycles. The van der Waals surface area contributed by atoms with Crippen LogP contribution in [0.1, 0.15) is 23.7 Å². The number of Topliss-reactive ketones (excluding diaryl/α,β-unsaturated/α-hetero) is 1. The summed E-state index contributed by atoms with van der Waals surface area (Å²) >= 11 is 0. The van der Waals surface area contributed by atoms with Crippen LogP contribution in [-0.2, 0) is 0 Å². The number of carbonyl (C=O) groups excluding carboxylic acids is 1. The van der Waals surface area contributed by atoms with Gasteiger partial charge >= 0.3 is 0 Å². The van der Waals surface area contributed by atoms with E-state index in [0.717, 1.165) is 0 Å². The van der Waals surface area contributed by atoms with Gasteiger partial charge in [-0.3, -0.25) is 4.79 Å². The highest BCUT2D eigenvalue weighted by atomic mass is 19.1. The van der Waals surface area contributed by atoms with Crippen LogP contribution in [0.3, 0.4) is 0 Å². The predicted molar refractivity (Wildman–Crippen MR) is 47.9 cm³/mol. The van der Waals surface area contributed by atoms with Crippen LogP contribution in [0.4, 0.5) is 13.2 Å². The maximum atomic E-state index is 13.2. The number of hydrogen-bond donors (Lipinski definition) is 0. The minimum atomic E-state index is -1.11. The Labute approximate surface area is 84.9 Å². The molecule has 1 nitrogen and oxygen atoms in total. The van der Waals surface area contributed by atoms with E-state index in [0.29, 0.717) is 18.6 Å². The molecule has 1 aromatic rings.